The molecule has 106 valence electrons. The highest BCUT2D eigenvalue weighted by molar-refractivity contribution is 14.1. The molecule has 0 aliphatic carbocycles. The number of amides is 1. The number of rotatable bonds is 5. The van der Waals surface area contributed by atoms with Gasteiger partial charge in [-0.2, -0.15) is 0 Å². The first kappa shape index (κ1) is 16.3. The quantitative estimate of drug-likeness (QED) is 0.476. The second-order valence-corrected chi connectivity index (χ2v) is 4.30. The summed E-state index contributed by atoms with van der Waals surface area (Å²) in [6, 6.07) is 8.54. The van der Waals surface area contributed by atoms with E-state index < -0.39 is 18.1 Å². The highest BCUT2D eigenvalue weighted by Gasteiger charge is 2.22. The van der Waals surface area contributed by atoms with Gasteiger partial charge in [-0.05, 0) is 9.49 Å². The summed E-state index contributed by atoms with van der Waals surface area (Å²) < 4.78 is 12.1. The van der Waals surface area contributed by atoms with Crippen molar-refractivity contribution in [1.29, 1.82) is 0 Å². The smallest absolute Gasteiger partial charge is 0.408 e. The van der Waals surface area contributed by atoms with Crippen molar-refractivity contribution < 1.29 is 19.1 Å². The molecule has 0 spiro atoms. The zero-order valence-corrected chi connectivity index (χ0v) is 13.0. The Bertz CT molecular complexity index is 507. The topological polar surface area (TPSA) is 64.6 Å². The summed E-state index contributed by atoms with van der Waals surface area (Å²) in [6.45, 7) is -0.0198. The van der Waals surface area contributed by atoms with Crippen molar-refractivity contribution in [3.8, 4) is 9.85 Å². The van der Waals surface area contributed by atoms with E-state index in [1.807, 2.05) is 52.9 Å². The van der Waals surface area contributed by atoms with Crippen molar-refractivity contribution in [2.75, 3.05) is 13.7 Å². The molecule has 1 amide bonds. The van der Waals surface area contributed by atoms with Gasteiger partial charge < -0.3 is 14.8 Å². The summed E-state index contributed by atoms with van der Waals surface area (Å²) in [5, 5.41) is 2.47. The number of nitrogens with one attached hydrogen (secondary N) is 1. The Morgan fingerprint density at radius 3 is 2.65 bits per heavy atom. The number of hydrogen-bond acceptors (Lipinski definition) is 4. The van der Waals surface area contributed by atoms with Gasteiger partial charge in [0.1, 0.15) is 6.04 Å². The van der Waals surface area contributed by atoms with Crippen LogP contribution in [0.25, 0.3) is 0 Å². The predicted molar refractivity (Wildman–Crippen MR) is 82.2 cm³/mol. The fourth-order valence-electron chi connectivity index (χ4n) is 1.50. The minimum atomic E-state index is -0.789. The van der Waals surface area contributed by atoms with Crippen LogP contribution in [0.3, 0.4) is 0 Å². The average molecular weight is 387 g/mol. The Morgan fingerprint density at radius 1 is 1.35 bits per heavy atom. The minimum absolute atomic E-state index is 0.0198. The lowest BCUT2D eigenvalue weighted by atomic mass is 10.1. The van der Waals surface area contributed by atoms with Crippen LogP contribution < -0.4 is 5.32 Å². The molecule has 1 aromatic carbocycles. The molecule has 0 saturated carbocycles. The largest absolute Gasteiger partial charge is 0.467 e. The van der Waals surface area contributed by atoms with E-state index in [9.17, 15) is 9.59 Å². The van der Waals surface area contributed by atoms with E-state index in [0.717, 1.165) is 5.56 Å². The van der Waals surface area contributed by atoms with Gasteiger partial charge in [0.15, 0.2) is 6.61 Å². The van der Waals surface area contributed by atoms with Gasteiger partial charge in [-0.25, -0.2) is 9.59 Å². The van der Waals surface area contributed by atoms with Crippen LogP contribution in [0.5, 0.6) is 0 Å². The molecule has 0 saturated heterocycles. The van der Waals surface area contributed by atoms with Crippen LogP contribution in [0.1, 0.15) is 5.56 Å². The number of esters is 1. The lowest BCUT2D eigenvalue weighted by molar-refractivity contribution is -0.142. The fourth-order valence-corrected chi connectivity index (χ4v) is 1.65. The van der Waals surface area contributed by atoms with Crippen LogP contribution in [0.2, 0.25) is 0 Å². The third-order valence-electron chi connectivity index (χ3n) is 2.40. The van der Waals surface area contributed by atoms with E-state index in [1.165, 1.54) is 7.11 Å². The van der Waals surface area contributed by atoms with Crippen LogP contribution in [0.4, 0.5) is 4.79 Å². The minimum Gasteiger partial charge on any atom is -0.467 e. The summed E-state index contributed by atoms with van der Waals surface area (Å²) in [5.41, 5.74) is 0.912. The van der Waals surface area contributed by atoms with Crippen LogP contribution in [0, 0.1) is 9.85 Å². The maximum absolute atomic E-state index is 11.7. The molecule has 5 nitrogen and oxygen atoms in total. The first-order valence-electron chi connectivity index (χ1n) is 5.81. The molecule has 0 radical (unpaired) electrons. The first-order valence-corrected chi connectivity index (χ1v) is 6.88. The first-order chi connectivity index (χ1) is 9.67. The third-order valence-corrected chi connectivity index (χ3v) is 2.78. The zero-order chi connectivity index (χ0) is 14.8. The van der Waals surface area contributed by atoms with Crippen LogP contribution >= 0.6 is 22.6 Å². The molecule has 0 aromatic heterocycles. The highest BCUT2D eigenvalue weighted by Crippen LogP contribution is 2.04. The van der Waals surface area contributed by atoms with E-state index in [4.69, 9.17) is 4.74 Å². The predicted octanol–water partition coefficient (Wildman–Crippen LogP) is 1.89. The van der Waals surface area contributed by atoms with Crippen LogP contribution in [-0.4, -0.2) is 31.8 Å². The number of alkyl carbamates (subject to hydrolysis) is 1. The summed E-state index contributed by atoms with van der Waals surface area (Å²) in [5.74, 6) is 2.06. The Labute approximate surface area is 131 Å². The molecule has 1 rings (SSSR count). The summed E-state index contributed by atoms with van der Waals surface area (Å²) in [4.78, 5) is 23.2. The van der Waals surface area contributed by atoms with Crippen molar-refractivity contribution in [1.82, 2.24) is 5.32 Å². The zero-order valence-electron chi connectivity index (χ0n) is 10.9. The average Bonchev–Trinajstić information content (AvgIpc) is 2.47. The molecule has 0 aliphatic rings. The summed E-state index contributed by atoms with van der Waals surface area (Å²) in [6.07, 6.45) is -0.365. The van der Waals surface area contributed by atoms with E-state index in [2.05, 4.69) is 19.9 Å². The Balaban J connectivity index is 2.62. The lowest BCUT2D eigenvalue weighted by Crippen LogP contribution is -2.43. The normalized spacial score (nSPS) is 10.7. The Kier molecular flexibility index (Phi) is 7.50. The van der Waals surface area contributed by atoms with E-state index in [-0.39, 0.29) is 6.61 Å². The third kappa shape index (κ3) is 5.93. The lowest BCUT2D eigenvalue weighted by Gasteiger charge is -2.16. The molecule has 0 heterocycles. The standard InChI is InChI=1S/C14H14INO4/c1-19-13(17)12(10-11-6-3-2-4-7-11)16-14(18)20-9-5-8-15/h2-4,6-7,12H,9-10H2,1H3,(H,16,18)/t12-/m0/s1. The molecule has 0 aliphatic heterocycles. The SMILES string of the molecule is COC(=O)[C@H](Cc1ccccc1)NC(=O)OCC#CI. The molecule has 6 heteroatoms. The van der Waals surface area contributed by atoms with Crippen molar-refractivity contribution >= 4 is 34.7 Å². The van der Waals surface area contributed by atoms with Gasteiger partial charge in [0.2, 0.25) is 0 Å². The molecular formula is C14H14INO4. The second kappa shape index (κ2) is 9.20. The molecule has 20 heavy (non-hydrogen) atoms. The maximum Gasteiger partial charge on any atom is 0.408 e. The molecular weight excluding hydrogens is 373 g/mol. The number of hydrogen-bond donors (Lipinski definition) is 1. The number of benzene rings is 1. The number of carbonyl (C=O) groups excluding carboxylic acids is 2. The monoisotopic (exact) mass is 387 g/mol. The number of halogens is 1. The molecule has 0 unspecified atom stereocenters. The maximum atomic E-state index is 11.7. The molecule has 1 atom stereocenters. The van der Waals surface area contributed by atoms with Gasteiger partial charge >= 0.3 is 12.1 Å². The fraction of sp³-hybridized carbons (Fsp3) is 0.286. The number of methoxy groups -OCH3 is 1. The molecule has 0 bridgehead atoms. The van der Waals surface area contributed by atoms with Gasteiger partial charge in [0.05, 0.1) is 7.11 Å². The highest BCUT2D eigenvalue weighted by atomic mass is 127. The van der Waals surface area contributed by atoms with E-state index >= 15 is 0 Å². The molecule has 1 aromatic rings. The van der Waals surface area contributed by atoms with Crippen LogP contribution in [0.15, 0.2) is 30.3 Å². The van der Waals surface area contributed by atoms with Gasteiger partial charge in [-0.15, -0.1) is 0 Å². The van der Waals surface area contributed by atoms with Gasteiger partial charge in [-0.1, -0.05) is 36.3 Å². The van der Waals surface area contributed by atoms with Crippen molar-refractivity contribution in [2.45, 2.75) is 12.5 Å². The Morgan fingerprint density at radius 2 is 2.05 bits per heavy atom. The second-order valence-electron chi connectivity index (χ2n) is 3.76. The summed E-state index contributed by atoms with van der Waals surface area (Å²) >= 11 is 1.84. The Hall–Kier alpha value is -1.75. The van der Waals surface area contributed by atoms with E-state index in [1.54, 1.807) is 0 Å². The van der Waals surface area contributed by atoms with Crippen molar-refractivity contribution in [2.24, 2.45) is 0 Å². The summed E-state index contributed by atoms with van der Waals surface area (Å²) in [7, 11) is 1.27. The molecule has 0 fully saturated rings. The van der Waals surface area contributed by atoms with Gasteiger partial charge in [-0.3, -0.25) is 0 Å². The van der Waals surface area contributed by atoms with E-state index in [0.29, 0.717) is 6.42 Å². The molecule has 1 N–H and O–H groups in total. The van der Waals surface area contributed by atoms with Crippen molar-refractivity contribution in [3.05, 3.63) is 35.9 Å². The van der Waals surface area contributed by atoms with Gasteiger partial charge in [0.25, 0.3) is 0 Å². The van der Waals surface area contributed by atoms with Crippen LogP contribution in [-0.2, 0) is 20.7 Å². The van der Waals surface area contributed by atoms with Gasteiger partial charge in [0, 0.05) is 29.0 Å². The number of carbonyl (C=O) groups is 2. The number of ether oxygens (including phenoxy) is 2. The van der Waals surface area contributed by atoms with Crippen molar-refractivity contribution in [3.63, 3.8) is 0 Å².